The van der Waals surface area contributed by atoms with Crippen LogP contribution in [0.5, 0.6) is 0 Å². The lowest BCUT2D eigenvalue weighted by molar-refractivity contribution is -0.120. The summed E-state index contributed by atoms with van der Waals surface area (Å²) in [4.78, 5) is 11.9. The first-order valence-electron chi connectivity index (χ1n) is 6.44. The largest absolute Gasteiger partial charge is 0.298 e. The molecule has 1 aliphatic carbocycles. The Morgan fingerprint density at radius 3 is 2.47 bits per heavy atom. The third-order valence-corrected chi connectivity index (χ3v) is 5.35. The Balaban J connectivity index is 2.02. The number of carbonyl (C=O) groups excluding carboxylic acids is 1. The minimum absolute atomic E-state index is 0.0546. The van der Waals surface area contributed by atoms with Crippen LogP contribution in [0, 0.1) is 5.92 Å². The van der Waals surface area contributed by atoms with E-state index in [2.05, 4.69) is 0 Å². The molecule has 1 aromatic carbocycles. The van der Waals surface area contributed by atoms with Gasteiger partial charge in [-0.2, -0.15) is 0 Å². The molecule has 5 heteroatoms. The fourth-order valence-electron chi connectivity index (χ4n) is 2.49. The predicted octanol–water partition coefficient (Wildman–Crippen LogP) is 3.01. The van der Waals surface area contributed by atoms with Gasteiger partial charge in [0, 0.05) is 10.9 Å². The van der Waals surface area contributed by atoms with Crippen LogP contribution < -0.4 is 0 Å². The van der Waals surface area contributed by atoms with Crippen LogP contribution >= 0.6 is 11.6 Å². The summed E-state index contributed by atoms with van der Waals surface area (Å²) in [7, 11) is -3.43. The van der Waals surface area contributed by atoms with Crippen LogP contribution in [0.15, 0.2) is 24.3 Å². The molecular weight excluding hydrogens is 284 g/mol. The molecule has 0 aliphatic heterocycles. The van der Waals surface area contributed by atoms with E-state index in [1.165, 1.54) is 0 Å². The highest BCUT2D eigenvalue weighted by atomic mass is 35.5. The summed E-state index contributed by atoms with van der Waals surface area (Å²) in [5.41, 5.74) is 0.559. The number of rotatable bonds is 5. The maximum absolute atomic E-state index is 12.0. The van der Waals surface area contributed by atoms with Gasteiger partial charge in [-0.15, -0.1) is 0 Å². The van der Waals surface area contributed by atoms with Gasteiger partial charge in [-0.25, -0.2) is 8.42 Å². The molecule has 0 atom stereocenters. The molecule has 0 radical (unpaired) electrons. The molecule has 2 rings (SSSR count). The quantitative estimate of drug-likeness (QED) is 0.840. The maximum Gasteiger partial charge on any atom is 0.161 e. The highest BCUT2D eigenvalue weighted by Gasteiger charge is 2.27. The SMILES string of the molecule is O=C(CS(=O)(=O)Cc1ccccc1Cl)C1CCCC1. The number of halogens is 1. The molecule has 1 aliphatic rings. The Labute approximate surface area is 118 Å². The monoisotopic (exact) mass is 300 g/mol. The fraction of sp³-hybridized carbons (Fsp3) is 0.500. The van der Waals surface area contributed by atoms with E-state index < -0.39 is 9.84 Å². The van der Waals surface area contributed by atoms with Crippen molar-refractivity contribution in [3.63, 3.8) is 0 Å². The van der Waals surface area contributed by atoms with Gasteiger partial charge in [0.15, 0.2) is 15.6 Å². The van der Waals surface area contributed by atoms with Gasteiger partial charge in [0.25, 0.3) is 0 Å². The van der Waals surface area contributed by atoms with Crippen LogP contribution in [0.4, 0.5) is 0 Å². The fourth-order valence-corrected chi connectivity index (χ4v) is 4.26. The summed E-state index contributed by atoms with van der Waals surface area (Å²) in [5, 5.41) is 0.430. The Bertz CT molecular complexity index is 560. The summed E-state index contributed by atoms with van der Waals surface area (Å²) in [5.74, 6) is -0.709. The van der Waals surface area contributed by atoms with Crippen molar-refractivity contribution in [2.45, 2.75) is 31.4 Å². The van der Waals surface area contributed by atoms with E-state index in [0.717, 1.165) is 25.7 Å². The van der Waals surface area contributed by atoms with Crippen LogP contribution in [0.2, 0.25) is 5.02 Å². The van der Waals surface area contributed by atoms with Gasteiger partial charge in [0.1, 0.15) is 5.75 Å². The smallest absolute Gasteiger partial charge is 0.161 e. The van der Waals surface area contributed by atoms with Crippen molar-refractivity contribution in [1.82, 2.24) is 0 Å². The molecule has 104 valence electrons. The third kappa shape index (κ3) is 4.05. The lowest BCUT2D eigenvalue weighted by Crippen LogP contribution is -2.23. The summed E-state index contributed by atoms with van der Waals surface area (Å²) >= 11 is 5.94. The second kappa shape index (κ2) is 6.06. The number of ketones is 1. The van der Waals surface area contributed by atoms with E-state index in [-0.39, 0.29) is 23.2 Å². The summed E-state index contributed by atoms with van der Waals surface area (Å²) < 4.78 is 24.1. The van der Waals surface area contributed by atoms with E-state index in [0.29, 0.717) is 10.6 Å². The molecule has 0 aromatic heterocycles. The first-order valence-corrected chi connectivity index (χ1v) is 8.64. The highest BCUT2D eigenvalue weighted by Crippen LogP contribution is 2.26. The van der Waals surface area contributed by atoms with E-state index >= 15 is 0 Å². The zero-order valence-corrected chi connectivity index (χ0v) is 12.2. The molecule has 0 heterocycles. The topological polar surface area (TPSA) is 51.2 Å². The number of carbonyl (C=O) groups is 1. The van der Waals surface area contributed by atoms with E-state index in [9.17, 15) is 13.2 Å². The summed E-state index contributed by atoms with van der Waals surface area (Å²) in [6.07, 6.45) is 3.73. The Morgan fingerprint density at radius 1 is 1.21 bits per heavy atom. The molecule has 0 bridgehead atoms. The van der Waals surface area contributed by atoms with E-state index in [1.807, 2.05) is 0 Å². The average Bonchev–Trinajstić information content (AvgIpc) is 2.85. The molecule has 1 aromatic rings. The predicted molar refractivity (Wildman–Crippen MR) is 75.9 cm³/mol. The molecule has 19 heavy (non-hydrogen) atoms. The standard InChI is InChI=1S/C14H17ClO3S/c15-13-8-4-3-7-12(13)9-19(17,18)10-14(16)11-5-1-2-6-11/h3-4,7-8,11H,1-2,5-6,9-10H2. The van der Waals surface area contributed by atoms with Crippen LogP contribution in [0.25, 0.3) is 0 Å². The lowest BCUT2D eigenvalue weighted by Gasteiger charge is -2.09. The lowest BCUT2D eigenvalue weighted by atomic mass is 10.0. The number of hydrogen-bond donors (Lipinski definition) is 0. The molecule has 3 nitrogen and oxygen atoms in total. The van der Waals surface area contributed by atoms with Gasteiger partial charge in [-0.3, -0.25) is 4.79 Å². The van der Waals surface area contributed by atoms with Gasteiger partial charge >= 0.3 is 0 Å². The zero-order chi connectivity index (χ0) is 13.9. The number of sulfone groups is 1. The van der Waals surface area contributed by atoms with Crippen molar-refractivity contribution in [2.75, 3.05) is 5.75 Å². The number of hydrogen-bond acceptors (Lipinski definition) is 3. The Kier molecular flexibility index (Phi) is 4.63. The third-order valence-electron chi connectivity index (χ3n) is 3.51. The Morgan fingerprint density at radius 2 is 1.84 bits per heavy atom. The molecule has 0 amide bonds. The maximum atomic E-state index is 12.0. The van der Waals surface area contributed by atoms with Crippen LogP contribution in [-0.2, 0) is 20.4 Å². The molecule has 0 saturated heterocycles. The van der Waals surface area contributed by atoms with Gasteiger partial charge in [0.05, 0.1) is 5.75 Å². The molecular formula is C14H17ClO3S. The Hall–Kier alpha value is -0.870. The van der Waals surface area contributed by atoms with Crippen molar-refractivity contribution in [2.24, 2.45) is 5.92 Å². The van der Waals surface area contributed by atoms with Crippen molar-refractivity contribution >= 4 is 27.2 Å². The normalized spacial score (nSPS) is 16.7. The number of Topliss-reactive ketones (excluding diaryl/α,β-unsaturated/α-hetero) is 1. The zero-order valence-electron chi connectivity index (χ0n) is 10.6. The minimum Gasteiger partial charge on any atom is -0.298 e. The van der Waals surface area contributed by atoms with E-state index in [1.54, 1.807) is 24.3 Å². The summed E-state index contributed by atoms with van der Waals surface area (Å²) in [6, 6.07) is 6.84. The highest BCUT2D eigenvalue weighted by molar-refractivity contribution is 7.91. The van der Waals surface area contributed by atoms with Gasteiger partial charge < -0.3 is 0 Å². The van der Waals surface area contributed by atoms with Crippen molar-refractivity contribution < 1.29 is 13.2 Å². The second-order valence-corrected chi connectivity index (χ2v) is 7.54. The first kappa shape index (κ1) is 14.5. The van der Waals surface area contributed by atoms with Crippen molar-refractivity contribution in [1.29, 1.82) is 0 Å². The van der Waals surface area contributed by atoms with Crippen molar-refractivity contribution in [3.05, 3.63) is 34.9 Å². The molecule has 1 fully saturated rings. The van der Waals surface area contributed by atoms with Crippen molar-refractivity contribution in [3.8, 4) is 0 Å². The minimum atomic E-state index is -3.43. The number of benzene rings is 1. The van der Waals surface area contributed by atoms with Gasteiger partial charge in [-0.05, 0) is 24.5 Å². The molecule has 0 unspecified atom stereocenters. The molecule has 0 spiro atoms. The second-order valence-electron chi connectivity index (χ2n) is 5.07. The van der Waals surface area contributed by atoms with Crippen LogP contribution in [0.1, 0.15) is 31.2 Å². The summed E-state index contributed by atoms with van der Waals surface area (Å²) in [6.45, 7) is 0. The molecule has 1 saturated carbocycles. The van der Waals surface area contributed by atoms with Crippen LogP contribution in [-0.4, -0.2) is 20.0 Å². The van der Waals surface area contributed by atoms with Crippen LogP contribution in [0.3, 0.4) is 0 Å². The van der Waals surface area contributed by atoms with Gasteiger partial charge in [-0.1, -0.05) is 42.6 Å². The van der Waals surface area contributed by atoms with Gasteiger partial charge in [0.2, 0.25) is 0 Å². The average molecular weight is 301 g/mol. The molecule has 0 N–H and O–H groups in total. The van der Waals surface area contributed by atoms with E-state index in [4.69, 9.17) is 11.6 Å². The first-order chi connectivity index (χ1) is 8.98.